The highest BCUT2D eigenvalue weighted by atomic mass is 32.2. The van der Waals surface area contributed by atoms with E-state index >= 15 is 0 Å². The lowest BCUT2D eigenvalue weighted by Crippen LogP contribution is -2.29. The molecule has 0 saturated carbocycles. The highest BCUT2D eigenvalue weighted by Gasteiger charge is 2.35. The molecule has 3 aromatic heterocycles. The predicted molar refractivity (Wildman–Crippen MR) is 121 cm³/mol. The fourth-order valence-corrected chi connectivity index (χ4v) is 5.10. The molecule has 9 heteroatoms. The molecule has 0 spiro atoms. The van der Waals surface area contributed by atoms with Gasteiger partial charge in [0.2, 0.25) is 0 Å². The van der Waals surface area contributed by atoms with Crippen molar-refractivity contribution in [1.29, 1.82) is 0 Å². The number of hydrogen-bond donors (Lipinski definition) is 0. The first kappa shape index (κ1) is 19.8. The number of carbonyl (C=O) groups excluding carboxylic acids is 1. The lowest BCUT2D eigenvalue weighted by Gasteiger charge is -2.19. The first-order valence-electron chi connectivity index (χ1n) is 9.67. The van der Waals surface area contributed by atoms with Gasteiger partial charge in [0.25, 0.3) is 11.5 Å². The number of hydrazone groups is 1. The average molecular weight is 451 g/mol. The van der Waals surface area contributed by atoms with Crippen molar-refractivity contribution in [3.8, 4) is 0 Å². The Hall–Kier alpha value is -3.17. The first-order valence-corrected chi connectivity index (χ1v) is 11.5. The number of para-hydroxylation sites is 1. The number of fused-ring (bicyclic) bond motifs is 1. The van der Waals surface area contributed by atoms with Crippen molar-refractivity contribution in [2.75, 3.05) is 5.75 Å². The second kappa shape index (κ2) is 8.16. The number of benzene rings is 1. The Labute approximate surface area is 186 Å². The molecule has 156 valence electrons. The van der Waals surface area contributed by atoms with Gasteiger partial charge < -0.3 is 4.42 Å². The Bertz CT molecular complexity index is 1330. The van der Waals surface area contributed by atoms with Crippen LogP contribution in [0.1, 0.15) is 23.1 Å². The summed E-state index contributed by atoms with van der Waals surface area (Å²) in [5.41, 5.74) is 1.35. The zero-order chi connectivity index (χ0) is 21.4. The van der Waals surface area contributed by atoms with Crippen LogP contribution in [0.15, 0.2) is 79.6 Å². The molecule has 4 aromatic rings. The molecular weight excluding hydrogens is 432 g/mol. The lowest BCUT2D eigenvalue weighted by atomic mass is 10.1. The zero-order valence-electron chi connectivity index (χ0n) is 16.6. The van der Waals surface area contributed by atoms with Crippen molar-refractivity contribution in [2.45, 2.75) is 17.6 Å². The molecule has 0 radical (unpaired) electrons. The van der Waals surface area contributed by atoms with E-state index in [2.05, 4.69) is 10.1 Å². The zero-order valence-corrected chi connectivity index (χ0v) is 18.2. The Kier molecular flexibility index (Phi) is 5.21. The van der Waals surface area contributed by atoms with Gasteiger partial charge >= 0.3 is 0 Å². The molecule has 1 unspecified atom stereocenters. The van der Waals surface area contributed by atoms with Crippen molar-refractivity contribution in [1.82, 2.24) is 14.6 Å². The average Bonchev–Trinajstić information content (AvgIpc) is 3.55. The number of thioether (sulfide) groups is 1. The smallest absolute Gasteiger partial charge is 0.261 e. The van der Waals surface area contributed by atoms with Gasteiger partial charge in [-0.05, 0) is 35.7 Å². The van der Waals surface area contributed by atoms with E-state index < -0.39 is 0 Å². The second-order valence-corrected chi connectivity index (χ2v) is 8.95. The van der Waals surface area contributed by atoms with Crippen LogP contribution in [0.25, 0.3) is 10.9 Å². The highest BCUT2D eigenvalue weighted by molar-refractivity contribution is 7.99. The van der Waals surface area contributed by atoms with Crippen LogP contribution in [-0.2, 0) is 11.8 Å². The Morgan fingerprint density at radius 3 is 2.87 bits per heavy atom. The van der Waals surface area contributed by atoms with Crippen LogP contribution in [0.4, 0.5) is 0 Å². The lowest BCUT2D eigenvalue weighted by molar-refractivity contribution is -0.130. The summed E-state index contributed by atoms with van der Waals surface area (Å²) in [6.07, 6.45) is 2.20. The molecule has 7 nitrogen and oxygen atoms in total. The molecule has 4 heterocycles. The predicted octanol–water partition coefficient (Wildman–Crippen LogP) is 4.06. The van der Waals surface area contributed by atoms with Gasteiger partial charge in [-0.2, -0.15) is 5.10 Å². The summed E-state index contributed by atoms with van der Waals surface area (Å²) in [4.78, 5) is 31.4. The van der Waals surface area contributed by atoms with Crippen LogP contribution in [0.5, 0.6) is 0 Å². The van der Waals surface area contributed by atoms with Gasteiger partial charge in [-0.3, -0.25) is 14.2 Å². The number of furan rings is 1. The van der Waals surface area contributed by atoms with E-state index in [1.807, 2.05) is 41.8 Å². The van der Waals surface area contributed by atoms with Gasteiger partial charge in [-0.15, -0.1) is 11.3 Å². The summed E-state index contributed by atoms with van der Waals surface area (Å²) in [6, 6.07) is 14.6. The van der Waals surface area contributed by atoms with Gasteiger partial charge in [-0.1, -0.05) is 30.0 Å². The minimum Gasteiger partial charge on any atom is -0.467 e. The van der Waals surface area contributed by atoms with E-state index in [1.165, 1.54) is 21.3 Å². The molecule has 0 N–H and O–H groups in total. The minimum atomic E-state index is -0.284. The molecule has 5 rings (SSSR count). The number of carbonyl (C=O) groups is 1. The third-order valence-electron chi connectivity index (χ3n) is 5.11. The summed E-state index contributed by atoms with van der Waals surface area (Å²) in [5.74, 6) is 0.641. The third kappa shape index (κ3) is 3.70. The van der Waals surface area contributed by atoms with E-state index in [0.717, 1.165) is 10.6 Å². The molecule has 0 bridgehead atoms. The van der Waals surface area contributed by atoms with Crippen molar-refractivity contribution in [3.63, 3.8) is 0 Å². The maximum atomic E-state index is 13.1. The van der Waals surface area contributed by atoms with Crippen LogP contribution in [0, 0.1) is 0 Å². The fraction of sp³-hybridized carbons (Fsp3) is 0.182. The molecule has 1 aliphatic rings. The van der Waals surface area contributed by atoms with E-state index in [-0.39, 0.29) is 23.3 Å². The van der Waals surface area contributed by atoms with Crippen LogP contribution < -0.4 is 5.56 Å². The summed E-state index contributed by atoms with van der Waals surface area (Å²) in [7, 11) is 1.67. The van der Waals surface area contributed by atoms with Gasteiger partial charge in [0.15, 0.2) is 5.16 Å². The summed E-state index contributed by atoms with van der Waals surface area (Å²) < 4.78 is 7.06. The quantitative estimate of drug-likeness (QED) is 0.338. The molecule has 1 atom stereocenters. The Morgan fingerprint density at radius 1 is 1.23 bits per heavy atom. The number of nitrogens with zero attached hydrogens (tertiary/aromatic N) is 4. The number of rotatable bonds is 5. The topological polar surface area (TPSA) is 80.7 Å². The first-order chi connectivity index (χ1) is 15.1. The Balaban J connectivity index is 1.40. The molecule has 1 aliphatic heterocycles. The summed E-state index contributed by atoms with van der Waals surface area (Å²) in [5, 5.41) is 9.16. The molecule has 0 saturated heterocycles. The maximum Gasteiger partial charge on any atom is 0.261 e. The van der Waals surface area contributed by atoms with Crippen LogP contribution in [0.2, 0.25) is 0 Å². The van der Waals surface area contributed by atoms with Crippen molar-refractivity contribution in [3.05, 3.63) is 81.2 Å². The molecule has 31 heavy (non-hydrogen) atoms. The SMILES string of the molecule is Cn1c(SCC(=O)N2N=C(c3cccs3)CC2c2ccco2)nc2ccccc2c1=O. The normalized spacial score (nSPS) is 16.1. The molecule has 1 amide bonds. The minimum absolute atomic E-state index is 0.108. The molecule has 1 aromatic carbocycles. The number of thiophene rings is 1. The summed E-state index contributed by atoms with van der Waals surface area (Å²) >= 11 is 2.83. The van der Waals surface area contributed by atoms with E-state index in [4.69, 9.17) is 4.42 Å². The van der Waals surface area contributed by atoms with Crippen LogP contribution in [0.3, 0.4) is 0 Å². The van der Waals surface area contributed by atoms with Crippen molar-refractivity contribution >= 4 is 45.6 Å². The van der Waals surface area contributed by atoms with E-state index in [0.29, 0.717) is 28.2 Å². The monoisotopic (exact) mass is 450 g/mol. The molecular formula is C22H18N4O3S2. The van der Waals surface area contributed by atoms with Crippen molar-refractivity contribution < 1.29 is 9.21 Å². The van der Waals surface area contributed by atoms with Crippen LogP contribution >= 0.6 is 23.1 Å². The van der Waals surface area contributed by atoms with Crippen molar-refractivity contribution in [2.24, 2.45) is 12.1 Å². The highest BCUT2D eigenvalue weighted by Crippen LogP contribution is 2.34. The number of amides is 1. The summed E-state index contributed by atoms with van der Waals surface area (Å²) in [6.45, 7) is 0. The van der Waals surface area contributed by atoms with Gasteiger partial charge in [-0.25, -0.2) is 9.99 Å². The third-order valence-corrected chi connectivity index (χ3v) is 7.04. The maximum absolute atomic E-state index is 13.1. The number of aromatic nitrogens is 2. The van der Waals surface area contributed by atoms with E-state index in [1.54, 1.807) is 36.8 Å². The number of hydrogen-bond acceptors (Lipinski definition) is 7. The van der Waals surface area contributed by atoms with Gasteiger partial charge in [0.1, 0.15) is 11.8 Å². The largest absolute Gasteiger partial charge is 0.467 e. The molecule has 0 aliphatic carbocycles. The fourth-order valence-electron chi connectivity index (χ4n) is 3.55. The van der Waals surface area contributed by atoms with Gasteiger partial charge in [0.05, 0.1) is 33.5 Å². The van der Waals surface area contributed by atoms with Gasteiger partial charge in [0, 0.05) is 13.5 Å². The van der Waals surface area contributed by atoms with E-state index in [9.17, 15) is 9.59 Å². The molecule has 0 fully saturated rings. The Morgan fingerprint density at radius 2 is 2.10 bits per heavy atom. The second-order valence-electron chi connectivity index (χ2n) is 7.06. The standard InChI is InChI=1S/C22H18N4O3S2/c1-25-21(28)14-6-2-3-7-15(14)23-22(25)31-13-20(27)26-17(18-8-4-10-29-18)12-16(24-26)19-9-5-11-30-19/h2-11,17H,12-13H2,1H3. The van der Waals surface area contributed by atoms with Crippen LogP contribution in [-0.4, -0.2) is 31.9 Å².